The van der Waals surface area contributed by atoms with Crippen LogP contribution >= 0.6 is 0 Å². The number of nitrogens with zero attached hydrogens (tertiary/aromatic N) is 1. The number of carbonyl (C=O) groups is 1. The van der Waals surface area contributed by atoms with E-state index in [1.807, 2.05) is 19.1 Å². The molecular weight excluding hydrogens is 250 g/mol. The van der Waals surface area contributed by atoms with Gasteiger partial charge in [-0.2, -0.15) is 0 Å². The predicted molar refractivity (Wildman–Crippen MR) is 69.1 cm³/mol. The van der Waals surface area contributed by atoms with Gasteiger partial charge in [0.15, 0.2) is 9.84 Å². The number of ketones is 1. The van der Waals surface area contributed by atoms with Crippen molar-refractivity contribution in [3.8, 4) is 0 Å². The van der Waals surface area contributed by atoms with Crippen molar-refractivity contribution in [1.82, 2.24) is 4.98 Å². The highest BCUT2D eigenvalue weighted by Gasteiger charge is 2.32. The highest BCUT2D eigenvalue weighted by atomic mass is 32.2. The summed E-state index contributed by atoms with van der Waals surface area (Å²) in [5.74, 6) is -0.180. The fraction of sp³-hybridized carbons (Fsp3) is 0.538. The van der Waals surface area contributed by atoms with Crippen molar-refractivity contribution in [3.05, 3.63) is 29.6 Å². The second-order valence-electron chi connectivity index (χ2n) is 4.75. The van der Waals surface area contributed by atoms with E-state index in [0.717, 1.165) is 17.7 Å². The van der Waals surface area contributed by atoms with E-state index in [9.17, 15) is 13.2 Å². The number of carbonyl (C=O) groups excluding carboxylic acids is 1. The Morgan fingerprint density at radius 2 is 2.22 bits per heavy atom. The summed E-state index contributed by atoms with van der Waals surface area (Å²) in [6.07, 6.45) is 3.40. The average Bonchev–Trinajstić information content (AvgIpc) is 2.71. The van der Waals surface area contributed by atoms with Crippen LogP contribution in [0, 0.1) is 5.92 Å². The Morgan fingerprint density at radius 3 is 2.72 bits per heavy atom. The topological polar surface area (TPSA) is 64.1 Å². The smallest absolute Gasteiger partial charge is 0.151 e. The minimum Gasteiger partial charge on any atom is -0.299 e. The highest BCUT2D eigenvalue weighted by Crippen LogP contribution is 2.20. The summed E-state index contributed by atoms with van der Waals surface area (Å²) in [6.45, 7) is 2.05. The van der Waals surface area contributed by atoms with E-state index < -0.39 is 9.84 Å². The summed E-state index contributed by atoms with van der Waals surface area (Å²) >= 11 is 0. The monoisotopic (exact) mass is 267 g/mol. The minimum atomic E-state index is -2.98. The van der Waals surface area contributed by atoms with Crippen molar-refractivity contribution in [1.29, 1.82) is 0 Å². The summed E-state index contributed by atoms with van der Waals surface area (Å²) in [4.78, 5) is 16.2. The molecule has 5 heteroatoms. The van der Waals surface area contributed by atoms with Crippen LogP contribution in [0.15, 0.2) is 18.3 Å². The molecule has 4 nitrogen and oxygen atoms in total. The van der Waals surface area contributed by atoms with Crippen molar-refractivity contribution in [3.63, 3.8) is 0 Å². The van der Waals surface area contributed by atoms with Crippen LogP contribution in [0.3, 0.4) is 0 Å². The number of Topliss-reactive ketones (excluding diaryl/α,β-unsaturated/α-hetero) is 1. The molecule has 1 unspecified atom stereocenters. The van der Waals surface area contributed by atoms with Gasteiger partial charge in [0, 0.05) is 24.2 Å². The number of aromatic nitrogens is 1. The van der Waals surface area contributed by atoms with Crippen LogP contribution in [0.25, 0.3) is 0 Å². The van der Waals surface area contributed by atoms with Crippen LogP contribution in [0.2, 0.25) is 0 Å². The zero-order chi connectivity index (χ0) is 13.2. The summed E-state index contributed by atoms with van der Waals surface area (Å²) in [6, 6.07) is 3.81. The van der Waals surface area contributed by atoms with E-state index in [0.29, 0.717) is 6.42 Å². The van der Waals surface area contributed by atoms with Gasteiger partial charge in [-0.1, -0.05) is 13.0 Å². The summed E-state index contributed by atoms with van der Waals surface area (Å²) in [5.41, 5.74) is 1.86. The van der Waals surface area contributed by atoms with E-state index in [2.05, 4.69) is 4.98 Å². The molecule has 1 saturated heterocycles. The molecule has 1 aliphatic rings. The van der Waals surface area contributed by atoms with Crippen LogP contribution in [0.5, 0.6) is 0 Å². The van der Waals surface area contributed by atoms with Gasteiger partial charge in [-0.15, -0.1) is 0 Å². The molecule has 0 aromatic carbocycles. The third kappa shape index (κ3) is 3.16. The van der Waals surface area contributed by atoms with E-state index in [-0.39, 0.29) is 29.6 Å². The van der Waals surface area contributed by atoms with Gasteiger partial charge < -0.3 is 0 Å². The Morgan fingerprint density at radius 1 is 1.44 bits per heavy atom. The van der Waals surface area contributed by atoms with Crippen LogP contribution in [0.1, 0.15) is 24.6 Å². The minimum absolute atomic E-state index is 0.00664. The SMILES string of the molecule is CCc1ccc(CC(=O)C2CCS(=O)(=O)C2)nc1. The molecule has 1 aromatic rings. The molecule has 0 N–H and O–H groups in total. The molecule has 1 fully saturated rings. The molecule has 1 aromatic heterocycles. The number of hydrogen-bond donors (Lipinski definition) is 0. The first-order valence-corrected chi connectivity index (χ1v) is 7.99. The van der Waals surface area contributed by atoms with Crippen LogP contribution in [-0.2, 0) is 27.5 Å². The Hall–Kier alpha value is -1.23. The van der Waals surface area contributed by atoms with Crippen molar-refractivity contribution < 1.29 is 13.2 Å². The quantitative estimate of drug-likeness (QED) is 0.822. The van der Waals surface area contributed by atoms with E-state index in [1.165, 1.54) is 0 Å². The third-order valence-corrected chi connectivity index (χ3v) is 5.11. The predicted octanol–water partition coefficient (Wildman–Crippen LogP) is 1.19. The molecule has 0 amide bonds. The maximum absolute atomic E-state index is 12.0. The van der Waals surface area contributed by atoms with Gasteiger partial charge in [0.2, 0.25) is 0 Å². The molecule has 0 saturated carbocycles. The second-order valence-corrected chi connectivity index (χ2v) is 6.98. The zero-order valence-electron chi connectivity index (χ0n) is 10.4. The van der Waals surface area contributed by atoms with Gasteiger partial charge in [-0.25, -0.2) is 8.42 Å². The van der Waals surface area contributed by atoms with Crippen molar-refractivity contribution in [2.45, 2.75) is 26.2 Å². The molecule has 0 bridgehead atoms. The third-order valence-electron chi connectivity index (χ3n) is 3.34. The highest BCUT2D eigenvalue weighted by molar-refractivity contribution is 7.91. The number of rotatable bonds is 4. The second kappa shape index (κ2) is 5.18. The maximum Gasteiger partial charge on any atom is 0.151 e. The van der Waals surface area contributed by atoms with Gasteiger partial charge in [0.1, 0.15) is 5.78 Å². The van der Waals surface area contributed by atoms with Crippen LogP contribution < -0.4 is 0 Å². The molecule has 98 valence electrons. The molecule has 18 heavy (non-hydrogen) atoms. The molecule has 1 atom stereocenters. The maximum atomic E-state index is 12.0. The van der Waals surface area contributed by atoms with E-state index in [4.69, 9.17) is 0 Å². The van der Waals surface area contributed by atoms with Gasteiger partial charge in [0.05, 0.1) is 11.5 Å². The van der Waals surface area contributed by atoms with Gasteiger partial charge in [-0.3, -0.25) is 9.78 Å². The fourth-order valence-electron chi connectivity index (χ4n) is 2.14. The zero-order valence-corrected chi connectivity index (χ0v) is 11.2. The summed E-state index contributed by atoms with van der Waals surface area (Å²) < 4.78 is 22.6. The molecule has 0 radical (unpaired) electrons. The Labute approximate surface area is 107 Å². The van der Waals surface area contributed by atoms with Crippen LogP contribution in [-0.4, -0.2) is 30.7 Å². The van der Waals surface area contributed by atoms with Crippen molar-refractivity contribution >= 4 is 15.6 Å². The first-order chi connectivity index (χ1) is 8.50. The number of aryl methyl sites for hydroxylation is 1. The normalized spacial score (nSPS) is 21.9. The standard InChI is InChI=1S/C13H17NO3S/c1-2-10-3-4-12(14-8-10)7-13(15)11-5-6-18(16,17)9-11/h3-4,8,11H,2,5-7,9H2,1H3. The van der Waals surface area contributed by atoms with Gasteiger partial charge in [-0.05, 0) is 24.5 Å². The lowest BCUT2D eigenvalue weighted by Gasteiger charge is -2.06. The fourth-order valence-corrected chi connectivity index (χ4v) is 3.92. The Kier molecular flexibility index (Phi) is 3.80. The molecule has 0 spiro atoms. The Bertz CT molecular complexity index is 534. The first kappa shape index (κ1) is 13.2. The lowest BCUT2D eigenvalue weighted by molar-refractivity contribution is -0.121. The molecule has 2 heterocycles. The van der Waals surface area contributed by atoms with Crippen molar-refractivity contribution in [2.75, 3.05) is 11.5 Å². The van der Waals surface area contributed by atoms with E-state index >= 15 is 0 Å². The summed E-state index contributed by atoms with van der Waals surface area (Å²) in [7, 11) is -2.98. The van der Waals surface area contributed by atoms with Crippen LogP contribution in [0.4, 0.5) is 0 Å². The molecule has 1 aliphatic heterocycles. The van der Waals surface area contributed by atoms with Crippen molar-refractivity contribution in [2.24, 2.45) is 5.92 Å². The molecule has 2 rings (SSSR count). The largest absolute Gasteiger partial charge is 0.299 e. The number of pyridine rings is 1. The molecular formula is C13H17NO3S. The number of hydrogen-bond acceptors (Lipinski definition) is 4. The first-order valence-electron chi connectivity index (χ1n) is 6.17. The summed E-state index contributed by atoms with van der Waals surface area (Å²) in [5, 5.41) is 0. The Balaban J connectivity index is 1.99. The lowest BCUT2D eigenvalue weighted by atomic mass is 9.99. The van der Waals surface area contributed by atoms with E-state index in [1.54, 1.807) is 6.20 Å². The van der Waals surface area contributed by atoms with Gasteiger partial charge in [0.25, 0.3) is 0 Å². The molecule has 0 aliphatic carbocycles. The van der Waals surface area contributed by atoms with Gasteiger partial charge >= 0.3 is 0 Å². The average molecular weight is 267 g/mol. The lowest BCUT2D eigenvalue weighted by Crippen LogP contribution is -2.18. The number of sulfone groups is 1.